The number of hydrogen-bond donors (Lipinski definition) is 1. The summed E-state index contributed by atoms with van der Waals surface area (Å²) < 4.78 is 24.5. The average molecular weight is 508 g/mol. The van der Waals surface area contributed by atoms with E-state index >= 15 is 0 Å². The molecule has 2 heterocycles. The van der Waals surface area contributed by atoms with Gasteiger partial charge in [0.25, 0.3) is 0 Å². The summed E-state index contributed by atoms with van der Waals surface area (Å²) in [6.07, 6.45) is 2.15. The van der Waals surface area contributed by atoms with Crippen molar-refractivity contribution in [2.75, 3.05) is 38.2 Å². The maximum atomic E-state index is 13.1. The number of hydrogen-bond acceptors (Lipinski definition) is 4. The molecule has 1 aliphatic rings. The Morgan fingerprint density at radius 1 is 1.26 bits per heavy atom. The Hall–Kier alpha value is -1.97. The van der Waals surface area contributed by atoms with Crippen molar-refractivity contribution in [2.24, 2.45) is 5.92 Å². The Balaban J connectivity index is 0.00000210. The van der Waals surface area contributed by atoms with E-state index in [1.165, 1.54) is 6.92 Å². The Morgan fingerprint density at radius 2 is 1.89 bits per heavy atom. The molecule has 0 radical (unpaired) electrons. The van der Waals surface area contributed by atoms with E-state index in [-0.39, 0.29) is 17.4 Å². The van der Waals surface area contributed by atoms with Gasteiger partial charge in [-0.25, -0.2) is 13.5 Å². The highest BCUT2D eigenvalue weighted by molar-refractivity contribution is 7.84. The van der Waals surface area contributed by atoms with Gasteiger partial charge in [-0.15, -0.1) is 0 Å². The third kappa shape index (κ3) is 7.75. The summed E-state index contributed by atoms with van der Waals surface area (Å²) in [5.41, 5.74) is 2.79. The zero-order valence-electron chi connectivity index (χ0n) is 23.1. The van der Waals surface area contributed by atoms with Gasteiger partial charge >= 0.3 is 0 Å². The molecule has 9 heteroatoms. The molecule has 1 aliphatic heterocycles. The highest BCUT2D eigenvalue weighted by Gasteiger charge is 2.26. The second-order valence-electron chi connectivity index (χ2n) is 10.2. The van der Waals surface area contributed by atoms with Gasteiger partial charge in [-0.1, -0.05) is 34.6 Å². The lowest BCUT2D eigenvalue weighted by atomic mass is 9.94. The van der Waals surface area contributed by atoms with Crippen LogP contribution in [0, 0.1) is 5.92 Å². The maximum absolute atomic E-state index is 13.1. The molecule has 8 nitrogen and oxygen atoms in total. The Bertz CT molecular complexity index is 995. The van der Waals surface area contributed by atoms with Crippen LogP contribution < -0.4 is 9.62 Å². The largest absolute Gasteiger partial charge is 0.381 e. The van der Waals surface area contributed by atoms with Crippen molar-refractivity contribution in [3.05, 3.63) is 24.0 Å². The first kappa shape index (κ1) is 29.3. The first-order chi connectivity index (χ1) is 16.5. The molecule has 35 heavy (non-hydrogen) atoms. The molecule has 0 spiro atoms. The molecular formula is C26H45N5O3S. The van der Waals surface area contributed by atoms with Gasteiger partial charge in [0.1, 0.15) is 5.82 Å². The summed E-state index contributed by atoms with van der Waals surface area (Å²) in [5, 5.41) is 2.83. The van der Waals surface area contributed by atoms with Crippen molar-refractivity contribution in [1.29, 1.82) is 0 Å². The summed E-state index contributed by atoms with van der Waals surface area (Å²) >= 11 is -1.39. The van der Waals surface area contributed by atoms with Crippen molar-refractivity contribution >= 4 is 33.8 Å². The van der Waals surface area contributed by atoms with Crippen LogP contribution in [0.15, 0.2) is 18.2 Å². The van der Waals surface area contributed by atoms with E-state index in [9.17, 15) is 9.00 Å². The Labute approximate surface area is 214 Å². The predicted molar refractivity (Wildman–Crippen MR) is 146 cm³/mol. The molecule has 1 saturated heterocycles. The van der Waals surface area contributed by atoms with Crippen LogP contribution in [0.2, 0.25) is 0 Å². The predicted octanol–water partition coefficient (Wildman–Crippen LogP) is 4.26. The molecule has 2 unspecified atom stereocenters. The topological polar surface area (TPSA) is 79.7 Å². The molecule has 1 amide bonds. The second-order valence-corrected chi connectivity index (χ2v) is 11.8. The van der Waals surface area contributed by atoms with Crippen molar-refractivity contribution in [2.45, 2.75) is 79.3 Å². The minimum absolute atomic E-state index is 0.0842. The molecule has 0 saturated carbocycles. The number of fused-ring (bicyclic) bond motifs is 1. The van der Waals surface area contributed by atoms with Gasteiger partial charge in [0.15, 0.2) is 11.2 Å². The number of rotatable bonds is 8. The summed E-state index contributed by atoms with van der Waals surface area (Å²) in [5.74, 6) is 1.57. The Kier molecular flexibility index (Phi) is 10.7. The first-order valence-corrected chi connectivity index (χ1v) is 13.8. The van der Waals surface area contributed by atoms with Gasteiger partial charge in [0.2, 0.25) is 5.91 Å². The molecular weight excluding hydrogens is 462 g/mol. The van der Waals surface area contributed by atoms with E-state index < -0.39 is 11.2 Å². The fourth-order valence-corrected chi connectivity index (χ4v) is 5.46. The van der Waals surface area contributed by atoms with E-state index in [0.717, 1.165) is 55.1 Å². The maximum Gasteiger partial charge on any atom is 0.217 e. The molecule has 1 aromatic heterocycles. The summed E-state index contributed by atoms with van der Waals surface area (Å²) in [7, 11) is 3.62. The van der Waals surface area contributed by atoms with Crippen molar-refractivity contribution in [3.8, 4) is 0 Å². The van der Waals surface area contributed by atoms with Crippen LogP contribution >= 0.6 is 0 Å². The van der Waals surface area contributed by atoms with Gasteiger partial charge in [-0.2, -0.15) is 0 Å². The number of likely N-dealkylation sites (N-methyl/N-ethyl adjacent to an activating group) is 1. The second kappa shape index (κ2) is 12.8. The van der Waals surface area contributed by atoms with Gasteiger partial charge < -0.3 is 14.6 Å². The number of nitrogens with one attached hydrogen (secondary N) is 1. The van der Waals surface area contributed by atoms with Crippen LogP contribution in [0.3, 0.4) is 0 Å². The van der Waals surface area contributed by atoms with Crippen LogP contribution in [-0.4, -0.2) is 63.9 Å². The van der Waals surface area contributed by atoms with Crippen LogP contribution in [0.25, 0.3) is 11.0 Å². The van der Waals surface area contributed by atoms with Crippen molar-refractivity contribution in [1.82, 2.24) is 19.2 Å². The fourth-order valence-electron chi connectivity index (χ4n) is 4.40. The molecule has 1 fully saturated rings. The number of benzene rings is 1. The number of imidazole rings is 1. The normalized spacial score (nSPS) is 16.5. The van der Waals surface area contributed by atoms with E-state index in [0.29, 0.717) is 12.5 Å². The van der Waals surface area contributed by atoms with E-state index in [2.05, 4.69) is 36.7 Å². The highest BCUT2D eigenvalue weighted by atomic mass is 32.2. The SMILES string of the molecule is CC.CC(=O)NC(C)CN(C)S(=O)N(C)c1ccc2c(c1)nc(C(C)(C)C)n2CC1CCOCC1. The van der Waals surface area contributed by atoms with Crippen molar-refractivity contribution in [3.63, 3.8) is 0 Å². The van der Waals surface area contributed by atoms with Gasteiger partial charge in [0.05, 0.1) is 16.7 Å². The van der Waals surface area contributed by atoms with Gasteiger partial charge in [0, 0.05) is 58.8 Å². The summed E-state index contributed by atoms with van der Waals surface area (Å²) in [6, 6.07) is 6.04. The van der Waals surface area contributed by atoms with Gasteiger partial charge in [-0.3, -0.25) is 9.10 Å². The first-order valence-electron chi connectivity index (χ1n) is 12.7. The summed E-state index contributed by atoms with van der Waals surface area (Å²) in [6.45, 7) is 17.1. The summed E-state index contributed by atoms with van der Waals surface area (Å²) in [4.78, 5) is 16.3. The molecule has 1 N–H and O–H groups in total. The fraction of sp³-hybridized carbons (Fsp3) is 0.692. The Morgan fingerprint density at radius 3 is 2.46 bits per heavy atom. The number of carbonyl (C=O) groups is 1. The lowest BCUT2D eigenvalue weighted by molar-refractivity contribution is -0.119. The number of amides is 1. The molecule has 2 atom stereocenters. The minimum Gasteiger partial charge on any atom is -0.381 e. The smallest absolute Gasteiger partial charge is 0.217 e. The highest BCUT2D eigenvalue weighted by Crippen LogP contribution is 2.31. The number of nitrogens with zero attached hydrogens (tertiary/aromatic N) is 4. The molecule has 198 valence electrons. The molecule has 1 aromatic carbocycles. The third-order valence-electron chi connectivity index (χ3n) is 6.03. The van der Waals surface area contributed by atoms with E-state index in [1.807, 2.05) is 40.0 Å². The lowest BCUT2D eigenvalue weighted by Crippen LogP contribution is -2.43. The van der Waals surface area contributed by atoms with E-state index in [4.69, 9.17) is 9.72 Å². The standard InChI is InChI=1S/C24H39N5O3S.C2H6/c1-17(25-18(2)30)15-27(6)33(31)28(7)20-8-9-22-21(14-20)26-23(24(3,4)5)29(22)16-19-10-12-32-13-11-19;1-2/h8-9,14,17,19H,10-13,15-16H2,1-7H3,(H,25,30);1-2H3. The third-order valence-corrected chi connectivity index (χ3v) is 7.39. The zero-order chi connectivity index (χ0) is 26.3. The van der Waals surface area contributed by atoms with E-state index in [1.54, 1.807) is 15.7 Å². The number of carbonyl (C=O) groups excluding carboxylic acids is 1. The molecule has 0 aliphatic carbocycles. The monoisotopic (exact) mass is 507 g/mol. The zero-order valence-corrected chi connectivity index (χ0v) is 23.9. The number of aromatic nitrogens is 2. The van der Waals surface area contributed by atoms with Crippen LogP contribution in [0.4, 0.5) is 5.69 Å². The van der Waals surface area contributed by atoms with Crippen molar-refractivity contribution < 1.29 is 13.7 Å². The average Bonchev–Trinajstić information content (AvgIpc) is 3.17. The van der Waals surface area contributed by atoms with Gasteiger partial charge in [-0.05, 0) is 43.9 Å². The quantitative estimate of drug-likeness (QED) is 0.579. The van der Waals surface area contributed by atoms with Crippen LogP contribution in [0.5, 0.6) is 0 Å². The minimum atomic E-state index is -1.39. The molecule has 0 bridgehead atoms. The number of anilines is 1. The van der Waals surface area contributed by atoms with Crippen LogP contribution in [-0.2, 0) is 32.7 Å². The lowest BCUT2D eigenvalue weighted by Gasteiger charge is -2.27. The molecule has 2 aromatic rings. The number of ether oxygens (including phenoxy) is 1. The van der Waals surface area contributed by atoms with Crippen LogP contribution in [0.1, 0.15) is 67.1 Å². The molecule has 3 rings (SSSR count).